The molecule has 3 N–H and O–H groups in total. The highest BCUT2D eigenvalue weighted by atomic mass is 32.1. The lowest BCUT2D eigenvalue weighted by atomic mass is 9.97. The first-order valence-corrected chi connectivity index (χ1v) is 7.31. The summed E-state index contributed by atoms with van der Waals surface area (Å²) in [5.74, 6) is -0.679. The summed E-state index contributed by atoms with van der Waals surface area (Å²) in [5.41, 5.74) is 5.97. The van der Waals surface area contributed by atoms with Crippen LogP contribution in [0.2, 0.25) is 0 Å². The lowest BCUT2D eigenvalue weighted by Gasteiger charge is -2.17. The Morgan fingerprint density at radius 3 is 2.45 bits per heavy atom. The number of anilines is 1. The minimum absolute atomic E-state index is 0.0547. The summed E-state index contributed by atoms with van der Waals surface area (Å²) in [5, 5.41) is 2.76. The highest BCUT2D eigenvalue weighted by Gasteiger charge is 2.19. The fourth-order valence-electron chi connectivity index (χ4n) is 2.22. The number of amides is 1. The molecule has 1 aromatic rings. The highest BCUT2D eigenvalue weighted by Crippen LogP contribution is 2.22. The average Bonchev–Trinajstić information content (AvgIpc) is 2.38. The summed E-state index contributed by atoms with van der Waals surface area (Å²) in [7, 11) is 0. The molecule has 0 heterocycles. The van der Waals surface area contributed by atoms with Crippen molar-refractivity contribution in [1.82, 2.24) is 0 Å². The summed E-state index contributed by atoms with van der Waals surface area (Å²) in [6, 6.07) is 4.42. The van der Waals surface area contributed by atoms with Gasteiger partial charge in [0.25, 0.3) is 0 Å². The second kappa shape index (κ2) is 7.94. The number of nitrogens with one attached hydrogen (secondary N) is 1. The van der Waals surface area contributed by atoms with Crippen molar-refractivity contribution in [3.05, 3.63) is 29.6 Å². The van der Waals surface area contributed by atoms with Crippen LogP contribution in [0.25, 0.3) is 0 Å². The number of nitrogens with two attached hydrogens (primary N) is 1. The largest absolute Gasteiger partial charge is 0.389 e. The van der Waals surface area contributed by atoms with E-state index in [0.717, 1.165) is 25.7 Å². The zero-order valence-electron chi connectivity index (χ0n) is 11.9. The van der Waals surface area contributed by atoms with E-state index in [4.69, 9.17) is 18.0 Å². The van der Waals surface area contributed by atoms with E-state index in [9.17, 15) is 9.18 Å². The van der Waals surface area contributed by atoms with E-state index in [1.807, 2.05) is 13.8 Å². The van der Waals surface area contributed by atoms with Crippen LogP contribution in [-0.4, -0.2) is 10.9 Å². The normalized spacial score (nSPS) is 10.6. The first-order valence-electron chi connectivity index (χ1n) is 6.90. The van der Waals surface area contributed by atoms with E-state index in [2.05, 4.69) is 5.32 Å². The zero-order chi connectivity index (χ0) is 15.1. The number of rotatable bonds is 7. The number of carbonyl (C=O) groups is 1. The van der Waals surface area contributed by atoms with Crippen molar-refractivity contribution >= 4 is 28.8 Å². The van der Waals surface area contributed by atoms with Gasteiger partial charge in [-0.3, -0.25) is 4.79 Å². The average molecular weight is 296 g/mol. The van der Waals surface area contributed by atoms with Gasteiger partial charge < -0.3 is 11.1 Å². The van der Waals surface area contributed by atoms with Crippen molar-refractivity contribution in [2.45, 2.75) is 39.5 Å². The summed E-state index contributed by atoms with van der Waals surface area (Å²) >= 11 is 4.84. The van der Waals surface area contributed by atoms with Crippen LogP contribution in [0.3, 0.4) is 0 Å². The fraction of sp³-hybridized carbons (Fsp3) is 0.467. The number of halogens is 1. The molecular weight excluding hydrogens is 275 g/mol. The molecule has 0 atom stereocenters. The molecule has 1 rings (SSSR count). The molecule has 0 aromatic heterocycles. The number of benzene rings is 1. The topological polar surface area (TPSA) is 55.1 Å². The number of carbonyl (C=O) groups excluding carboxylic acids is 1. The molecule has 5 heteroatoms. The van der Waals surface area contributed by atoms with Gasteiger partial charge in [0, 0.05) is 5.92 Å². The molecule has 0 aliphatic rings. The van der Waals surface area contributed by atoms with Crippen LogP contribution in [-0.2, 0) is 4.79 Å². The van der Waals surface area contributed by atoms with Crippen molar-refractivity contribution in [2.24, 2.45) is 11.7 Å². The summed E-state index contributed by atoms with van der Waals surface area (Å²) in [4.78, 5) is 12.2. The maximum Gasteiger partial charge on any atom is 0.227 e. The second-order valence-electron chi connectivity index (χ2n) is 4.79. The first-order chi connectivity index (χ1) is 9.51. The van der Waals surface area contributed by atoms with Gasteiger partial charge in [0.2, 0.25) is 5.91 Å². The molecule has 0 saturated carbocycles. The fourth-order valence-corrected chi connectivity index (χ4v) is 2.42. The van der Waals surface area contributed by atoms with Crippen LogP contribution in [0.15, 0.2) is 18.2 Å². The van der Waals surface area contributed by atoms with Gasteiger partial charge in [-0.15, -0.1) is 0 Å². The highest BCUT2D eigenvalue weighted by molar-refractivity contribution is 7.80. The van der Waals surface area contributed by atoms with Crippen molar-refractivity contribution < 1.29 is 9.18 Å². The van der Waals surface area contributed by atoms with E-state index in [-0.39, 0.29) is 22.4 Å². The number of hydrogen-bond donors (Lipinski definition) is 2. The molecular formula is C15H21FN2OS. The molecule has 1 amide bonds. The van der Waals surface area contributed by atoms with E-state index in [1.54, 1.807) is 6.07 Å². The smallest absolute Gasteiger partial charge is 0.227 e. The van der Waals surface area contributed by atoms with Crippen molar-refractivity contribution in [2.75, 3.05) is 5.32 Å². The predicted molar refractivity (Wildman–Crippen MR) is 84.2 cm³/mol. The molecule has 110 valence electrons. The van der Waals surface area contributed by atoms with Gasteiger partial charge in [0.15, 0.2) is 0 Å². The Bertz CT molecular complexity index is 485. The second-order valence-corrected chi connectivity index (χ2v) is 5.23. The molecule has 20 heavy (non-hydrogen) atoms. The monoisotopic (exact) mass is 296 g/mol. The molecule has 0 aliphatic carbocycles. The summed E-state index contributed by atoms with van der Waals surface area (Å²) in [6.45, 7) is 4.08. The van der Waals surface area contributed by atoms with Gasteiger partial charge in [-0.25, -0.2) is 4.39 Å². The zero-order valence-corrected chi connectivity index (χ0v) is 12.7. The van der Waals surface area contributed by atoms with Gasteiger partial charge >= 0.3 is 0 Å². The first kappa shape index (κ1) is 16.6. The van der Waals surface area contributed by atoms with Crippen LogP contribution in [0.4, 0.5) is 10.1 Å². The van der Waals surface area contributed by atoms with Gasteiger partial charge in [0.1, 0.15) is 10.8 Å². The van der Waals surface area contributed by atoms with Gasteiger partial charge in [-0.2, -0.15) is 0 Å². The van der Waals surface area contributed by atoms with Crippen molar-refractivity contribution in [1.29, 1.82) is 0 Å². The minimum Gasteiger partial charge on any atom is -0.389 e. The maximum atomic E-state index is 13.7. The molecule has 0 saturated heterocycles. The molecule has 0 bridgehead atoms. The number of hydrogen-bond acceptors (Lipinski definition) is 2. The molecule has 3 nitrogen and oxygen atoms in total. The van der Waals surface area contributed by atoms with Gasteiger partial charge in [-0.05, 0) is 25.0 Å². The molecule has 0 aliphatic heterocycles. The van der Waals surface area contributed by atoms with Crippen LogP contribution in [0, 0.1) is 11.7 Å². The van der Waals surface area contributed by atoms with E-state index < -0.39 is 5.82 Å². The Morgan fingerprint density at radius 1 is 1.35 bits per heavy atom. The van der Waals surface area contributed by atoms with Crippen LogP contribution < -0.4 is 11.1 Å². The Kier molecular flexibility index (Phi) is 6.58. The molecule has 0 radical (unpaired) electrons. The third kappa shape index (κ3) is 4.27. The quantitative estimate of drug-likeness (QED) is 0.756. The van der Waals surface area contributed by atoms with E-state index in [0.29, 0.717) is 5.69 Å². The molecule has 0 unspecified atom stereocenters. The predicted octanol–water partition coefficient (Wildman–Crippen LogP) is 3.61. The van der Waals surface area contributed by atoms with Crippen LogP contribution in [0.5, 0.6) is 0 Å². The van der Waals surface area contributed by atoms with Gasteiger partial charge in [-0.1, -0.05) is 45.0 Å². The summed E-state index contributed by atoms with van der Waals surface area (Å²) < 4.78 is 13.7. The Balaban J connectivity index is 2.94. The minimum atomic E-state index is -0.516. The van der Waals surface area contributed by atoms with E-state index in [1.165, 1.54) is 12.1 Å². The van der Waals surface area contributed by atoms with Crippen molar-refractivity contribution in [3.63, 3.8) is 0 Å². The lowest BCUT2D eigenvalue weighted by Crippen LogP contribution is -2.25. The molecule has 0 fully saturated rings. The molecule has 0 spiro atoms. The number of thiocarbonyl (C=S) groups is 1. The van der Waals surface area contributed by atoms with Crippen LogP contribution >= 0.6 is 12.2 Å². The van der Waals surface area contributed by atoms with Gasteiger partial charge in [0.05, 0.1) is 11.3 Å². The van der Waals surface area contributed by atoms with Crippen LogP contribution in [0.1, 0.15) is 45.1 Å². The lowest BCUT2D eigenvalue weighted by molar-refractivity contribution is -0.120. The SMILES string of the molecule is CCCC(CCC)C(=O)Nc1cccc(F)c1C(N)=S. The Labute approximate surface area is 124 Å². The Morgan fingerprint density at radius 2 is 1.95 bits per heavy atom. The summed E-state index contributed by atoms with van der Waals surface area (Å²) in [6.07, 6.45) is 3.50. The molecule has 1 aromatic carbocycles. The Hall–Kier alpha value is -1.49. The van der Waals surface area contributed by atoms with E-state index >= 15 is 0 Å². The third-order valence-corrected chi connectivity index (χ3v) is 3.37. The van der Waals surface area contributed by atoms with Crippen molar-refractivity contribution in [3.8, 4) is 0 Å². The third-order valence-electron chi connectivity index (χ3n) is 3.16. The standard InChI is InChI=1S/C15H21FN2OS/c1-3-6-10(7-4-2)15(19)18-12-9-5-8-11(16)13(12)14(17)20/h5,8-10H,3-4,6-7H2,1-2H3,(H2,17,20)(H,18,19). The maximum absolute atomic E-state index is 13.7.